The Morgan fingerprint density at radius 1 is 1.38 bits per heavy atom. The number of allylic oxidation sites excluding steroid dienone is 1. The molecule has 0 aliphatic carbocycles. The Morgan fingerprint density at radius 2 is 2.19 bits per heavy atom. The van der Waals surface area contributed by atoms with Crippen molar-refractivity contribution in [2.75, 3.05) is 6.67 Å². The van der Waals surface area contributed by atoms with Crippen LogP contribution in [-0.2, 0) is 6.54 Å². The first-order valence-electron chi connectivity index (χ1n) is 5.11. The summed E-state index contributed by atoms with van der Waals surface area (Å²) in [5.41, 5.74) is 1.08. The molecule has 1 aromatic rings. The lowest BCUT2D eigenvalue weighted by Crippen LogP contribution is -2.37. The maximum Gasteiger partial charge on any atom is 0.323 e. The van der Waals surface area contributed by atoms with Gasteiger partial charge in [0, 0.05) is 19.0 Å². The minimum absolute atomic E-state index is 0.128. The van der Waals surface area contributed by atoms with E-state index in [0.717, 1.165) is 5.56 Å². The molecule has 0 spiro atoms. The fourth-order valence-electron chi connectivity index (χ4n) is 1.39. The Morgan fingerprint density at radius 3 is 2.88 bits per heavy atom. The second-order valence-electron chi connectivity index (χ2n) is 3.43. The maximum absolute atomic E-state index is 11.7. The Kier molecular flexibility index (Phi) is 3.33. The summed E-state index contributed by atoms with van der Waals surface area (Å²) in [7, 11) is 0. The topological polar surface area (TPSA) is 44.7 Å². The zero-order valence-electron chi connectivity index (χ0n) is 8.84. The van der Waals surface area contributed by atoms with E-state index in [1.165, 1.54) is 4.90 Å². The van der Waals surface area contributed by atoms with E-state index in [2.05, 4.69) is 10.3 Å². The predicted octanol–water partition coefficient (Wildman–Crippen LogP) is 1.75. The number of carbonyl (C=O) groups is 1. The van der Waals surface area contributed by atoms with Gasteiger partial charge >= 0.3 is 6.03 Å². The van der Waals surface area contributed by atoms with Crippen LogP contribution in [0.2, 0.25) is 0 Å². The van der Waals surface area contributed by atoms with Crippen molar-refractivity contribution in [3.05, 3.63) is 48.2 Å². The molecule has 4 heteroatoms. The summed E-state index contributed by atoms with van der Waals surface area (Å²) >= 11 is 0. The highest BCUT2D eigenvalue weighted by Crippen LogP contribution is 2.00. The second kappa shape index (κ2) is 5.11. The van der Waals surface area contributed by atoms with Gasteiger partial charge in [-0.15, -0.1) is 0 Å². The molecule has 1 aliphatic rings. The van der Waals surface area contributed by atoms with E-state index < -0.39 is 0 Å². The first kappa shape index (κ1) is 10.4. The Hall–Kier alpha value is -2.10. The molecule has 0 fully saturated rings. The van der Waals surface area contributed by atoms with E-state index in [0.29, 0.717) is 13.2 Å². The van der Waals surface area contributed by atoms with Crippen molar-refractivity contribution in [1.82, 2.24) is 10.2 Å². The fourth-order valence-corrected chi connectivity index (χ4v) is 1.39. The van der Waals surface area contributed by atoms with Crippen LogP contribution in [0.25, 0.3) is 0 Å². The Balaban J connectivity index is 1.84. The molecule has 2 rings (SSSR count). The number of nitrogens with one attached hydrogen (secondary N) is 1. The normalized spacial score (nSPS) is 13.9. The SMILES string of the molecule is O=C(NCc1ccccc1)N1C=CC=NC1. The van der Waals surface area contributed by atoms with Gasteiger partial charge in [-0.3, -0.25) is 9.89 Å². The molecule has 0 atom stereocenters. The maximum atomic E-state index is 11.7. The van der Waals surface area contributed by atoms with E-state index in [-0.39, 0.29) is 6.03 Å². The van der Waals surface area contributed by atoms with Crippen LogP contribution in [0.1, 0.15) is 5.56 Å². The second-order valence-corrected chi connectivity index (χ2v) is 3.43. The van der Waals surface area contributed by atoms with E-state index in [1.54, 1.807) is 18.5 Å². The number of hydrogen-bond donors (Lipinski definition) is 1. The molecule has 16 heavy (non-hydrogen) atoms. The number of amides is 2. The number of benzene rings is 1. The summed E-state index contributed by atoms with van der Waals surface area (Å²) in [6.45, 7) is 0.921. The standard InChI is InChI=1S/C12H13N3O/c16-12(15-8-4-7-13-10-15)14-9-11-5-2-1-3-6-11/h1-8H,9-10H2,(H,14,16). The van der Waals surface area contributed by atoms with Crippen molar-refractivity contribution in [3.8, 4) is 0 Å². The molecule has 82 valence electrons. The molecule has 1 aliphatic heterocycles. The molecule has 0 radical (unpaired) electrons. The van der Waals surface area contributed by atoms with Crippen molar-refractivity contribution in [2.24, 2.45) is 4.99 Å². The fraction of sp³-hybridized carbons (Fsp3) is 0.167. The number of rotatable bonds is 2. The van der Waals surface area contributed by atoms with Gasteiger partial charge in [-0.1, -0.05) is 30.3 Å². The van der Waals surface area contributed by atoms with E-state index in [4.69, 9.17) is 0 Å². The zero-order valence-corrected chi connectivity index (χ0v) is 8.84. The van der Waals surface area contributed by atoms with Gasteiger partial charge in [-0.2, -0.15) is 0 Å². The van der Waals surface area contributed by atoms with Crippen LogP contribution in [0.15, 0.2) is 47.6 Å². The third kappa shape index (κ3) is 2.70. The minimum Gasteiger partial charge on any atom is -0.334 e. The average molecular weight is 215 g/mol. The molecule has 0 unspecified atom stereocenters. The monoisotopic (exact) mass is 215 g/mol. The number of hydrogen-bond acceptors (Lipinski definition) is 2. The summed E-state index contributed by atoms with van der Waals surface area (Å²) < 4.78 is 0. The first-order chi connectivity index (χ1) is 7.86. The summed E-state index contributed by atoms with van der Waals surface area (Å²) in [5.74, 6) is 0. The molecular formula is C12H13N3O. The summed E-state index contributed by atoms with van der Waals surface area (Å²) in [6, 6.07) is 9.68. The van der Waals surface area contributed by atoms with Crippen LogP contribution in [0, 0.1) is 0 Å². The molecule has 1 aromatic carbocycles. The molecular weight excluding hydrogens is 202 g/mol. The van der Waals surface area contributed by atoms with Gasteiger partial charge < -0.3 is 5.32 Å². The van der Waals surface area contributed by atoms with Gasteiger partial charge in [0.25, 0.3) is 0 Å². The van der Waals surface area contributed by atoms with Gasteiger partial charge in [0.05, 0.1) is 0 Å². The van der Waals surface area contributed by atoms with Gasteiger partial charge in [0.15, 0.2) is 0 Å². The largest absolute Gasteiger partial charge is 0.334 e. The summed E-state index contributed by atoms with van der Waals surface area (Å²) in [5, 5.41) is 2.83. The molecule has 2 amide bonds. The lowest BCUT2D eigenvalue weighted by atomic mass is 10.2. The highest BCUT2D eigenvalue weighted by molar-refractivity contribution is 5.79. The summed E-state index contributed by atoms with van der Waals surface area (Å²) in [6.07, 6.45) is 5.14. The predicted molar refractivity (Wildman–Crippen MR) is 63.0 cm³/mol. The molecule has 1 heterocycles. The molecule has 4 nitrogen and oxygen atoms in total. The van der Waals surface area contributed by atoms with Crippen molar-refractivity contribution in [3.63, 3.8) is 0 Å². The van der Waals surface area contributed by atoms with Crippen molar-refractivity contribution >= 4 is 12.2 Å². The van der Waals surface area contributed by atoms with Crippen LogP contribution >= 0.6 is 0 Å². The number of urea groups is 1. The highest BCUT2D eigenvalue weighted by Gasteiger charge is 2.09. The van der Waals surface area contributed by atoms with Crippen molar-refractivity contribution in [1.29, 1.82) is 0 Å². The van der Waals surface area contributed by atoms with Crippen LogP contribution in [0.4, 0.5) is 4.79 Å². The van der Waals surface area contributed by atoms with Crippen molar-refractivity contribution in [2.45, 2.75) is 6.54 Å². The smallest absolute Gasteiger partial charge is 0.323 e. The first-order valence-corrected chi connectivity index (χ1v) is 5.11. The molecule has 0 saturated carbocycles. The van der Waals surface area contributed by atoms with Crippen LogP contribution < -0.4 is 5.32 Å². The zero-order chi connectivity index (χ0) is 11.2. The van der Waals surface area contributed by atoms with Crippen LogP contribution in [-0.4, -0.2) is 23.8 Å². The van der Waals surface area contributed by atoms with Crippen LogP contribution in [0.5, 0.6) is 0 Å². The third-order valence-corrected chi connectivity index (χ3v) is 2.24. The Bertz CT molecular complexity index is 412. The van der Waals surface area contributed by atoms with Crippen molar-refractivity contribution < 1.29 is 4.79 Å². The van der Waals surface area contributed by atoms with E-state index >= 15 is 0 Å². The third-order valence-electron chi connectivity index (χ3n) is 2.24. The van der Waals surface area contributed by atoms with Gasteiger partial charge in [-0.25, -0.2) is 4.79 Å². The summed E-state index contributed by atoms with van der Waals surface area (Å²) in [4.78, 5) is 17.2. The number of carbonyl (C=O) groups excluding carboxylic acids is 1. The quantitative estimate of drug-likeness (QED) is 0.802. The lowest BCUT2D eigenvalue weighted by molar-refractivity contribution is 0.215. The van der Waals surface area contributed by atoms with Gasteiger partial charge in [-0.05, 0) is 11.6 Å². The molecule has 0 bridgehead atoms. The van der Waals surface area contributed by atoms with E-state index in [9.17, 15) is 4.79 Å². The Labute approximate surface area is 94.3 Å². The molecule has 0 aromatic heterocycles. The highest BCUT2D eigenvalue weighted by atomic mass is 16.2. The lowest BCUT2D eigenvalue weighted by Gasteiger charge is -2.18. The minimum atomic E-state index is -0.128. The average Bonchev–Trinajstić information content (AvgIpc) is 2.38. The molecule has 0 saturated heterocycles. The van der Waals surface area contributed by atoms with Gasteiger partial charge in [0.2, 0.25) is 0 Å². The van der Waals surface area contributed by atoms with E-state index in [1.807, 2.05) is 30.3 Å². The van der Waals surface area contributed by atoms with Gasteiger partial charge in [0.1, 0.15) is 6.67 Å². The van der Waals surface area contributed by atoms with Crippen LogP contribution in [0.3, 0.4) is 0 Å². The number of nitrogens with zero attached hydrogens (tertiary/aromatic N) is 2. The number of aliphatic imine (C=N–C) groups is 1. The molecule has 1 N–H and O–H groups in total.